The van der Waals surface area contributed by atoms with Crippen LogP contribution in [0.4, 0.5) is 0 Å². The second-order valence-corrected chi connectivity index (χ2v) is 7.75. The van der Waals surface area contributed by atoms with E-state index in [9.17, 15) is 4.21 Å². The fraction of sp³-hybridized carbons (Fsp3) is 0.538. The Morgan fingerprint density at radius 2 is 2.11 bits per heavy atom. The largest absolute Gasteiger partial charge is 0.495 e. The van der Waals surface area contributed by atoms with Crippen LogP contribution in [-0.4, -0.2) is 29.4 Å². The maximum absolute atomic E-state index is 11.1. The van der Waals surface area contributed by atoms with Crippen molar-refractivity contribution in [3.05, 3.63) is 26.6 Å². The Morgan fingerprint density at radius 1 is 1.42 bits per heavy atom. The van der Waals surface area contributed by atoms with Gasteiger partial charge in [0.1, 0.15) is 5.75 Å². The van der Waals surface area contributed by atoms with Gasteiger partial charge in [-0.2, -0.15) is 0 Å². The molecule has 1 N–H and O–H groups in total. The second kappa shape index (κ2) is 8.39. The molecule has 0 aliphatic heterocycles. The molecule has 2 unspecified atom stereocenters. The molecule has 1 aromatic rings. The third-order valence-electron chi connectivity index (χ3n) is 2.77. The number of ether oxygens (including phenoxy) is 1. The lowest BCUT2D eigenvalue weighted by atomic mass is 10.2. The van der Waals surface area contributed by atoms with Crippen LogP contribution < -0.4 is 10.1 Å². The van der Waals surface area contributed by atoms with E-state index in [4.69, 9.17) is 4.74 Å². The fourth-order valence-corrected chi connectivity index (χ4v) is 3.86. The SMILES string of the molecule is COc1c(Br)cc(Br)cc1CNC(C)CCS(C)=O. The van der Waals surface area contributed by atoms with Crippen molar-refractivity contribution in [3.63, 3.8) is 0 Å². The fourth-order valence-electron chi connectivity index (χ4n) is 1.70. The van der Waals surface area contributed by atoms with Crippen LogP contribution in [0, 0.1) is 0 Å². The summed E-state index contributed by atoms with van der Waals surface area (Å²) < 4.78 is 18.4. The molecule has 19 heavy (non-hydrogen) atoms. The third-order valence-corrected chi connectivity index (χ3v) is 4.63. The molecule has 0 spiro atoms. The normalized spacial score (nSPS) is 14.2. The standard InChI is InChI=1S/C13H19Br2NO2S/c1-9(4-5-19(3)17)16-8-10-6-11(14)7-12(15)13(10)18-2/h6-7,9,16H,4-5,8H2,1-3H3. The van der Waals surface area contributed by atoms with Crippen LogP contribution in [0.25, 0.3) is 0 Å². The van der Waals surface area contributed by atoms with E-state index in [0.717, 1.165) is 39.0 Å². The van der Waals surface area contributed by atoms with Crippen LogP contribution in [0.3, 0.4) is 0 Å². The predicted molar refractivity (Wildman–Crippen MR) is 88.2 cm³/mol. The topological polar surface area (TPSA) is 38.3 Å². The van der Waals surface area contributed by atoms with Crippen molar-refractivity contribution in [2.75, 3.05) is 19.1 Å². The number of hydrogen-bond donors (Lipinski definition) is 1. The molecule has 0 fully saturated rings. The highest BCUT2D eigenvalue weighted by Crippen LogP contribution is 2.32. The first kappa shape index (κ1) is 17.1. The molecular formula is C13H19Br2NO2S. The van der Waals surface area contributed by atoms with Crippen LogP contribution in [0.1, 0.15) is 18.9 Å². The van der Waals surface area contributed by atoms with E-state index in [1.54, 1.807) is 13.4 Å². The molecule has 2 atom stereocenters. The number of nitrogens with one attached hydrogen (secondary N) is 1. The molecule has 108 valence electrons. The minimum Gasteiger partial charge on any atom is -0.495 e. The Morgan fingerprint density at radius 3 is 2.68 bits per heavy atom. The summed E-state index contributed by atoms with van der Waals surface area (Å²) in [5.74, 6) is 1.58. The molecule has 0 saturated carbocycles. The van der Waals surface area contributed by atoms with Crippen molar-refractivity contribution >= 4 is 42.7 Å². The number of halogens is 2. The minimum atomic E-state index is -0.727. The zero-order valence-electron chi connectivity index (χ0n) is 11.3. The zero-order chi connectivity index (χ0) is 14.4. The Balaban J connectivity index is 2.64. The van der Waals surface area contributed by atoms with Gasteiger partial charge in [0.05, 0.1) is 11.6 Å². The Labute approximate surface area is 134 Å². The van der Waals surface area contributed by atoms with Gasteiger partial charge in [0.15, 0.2) is 0 Å². The molecule has 3 nitrogen and oxygen atoms in total. The Kier molecular flexibility index (Phi) is 7.57. The second-order valence-electron chi connectivity index (χ2n) is 4.43. The molecule has 0 heterocycles. The van der Waals surface area contributed by atoms with Gasteiger partial charge < -0.3 is 10.1 Å². The van der Waals surface area contributed by atoms with Gasteiger partial charge >= 0.3 is 0 Å². The molecule has 0 bridgehead atoms. The quantitative estimate of drug-likeness (QED) is 0.745. The van der Waals surface area contributed by atoms with Crippen molar-refractivity contribution in [1.82, 2.24) is 5.32 Å². The van der Waals surface area contributed by atoms with Crippen molar-refractivity contribution < 1.29 is 8.95 Å². The van der Waals surface area contributed by atoms with Crippen LogP contribution in [0.2, 0.25) is 0 Å². The van der Waals surface area contributed by atoms with Crippen molar-refractivity contribution in [3.8, 4) is 5.75 Å². The maximum atomic E-state index is 11.1. The van der Waals surface area contributed by atoms with Crippen LogP contribution in [0.15, 0.2) is 21.1 Å². The van der Waals surface area contributed by atoms with Gasteiger partial charge in [-0.3, -0.25) is 4.21 Å². The average molecular weight is 413 g/mol. The van der Waals surface area contributed by atoms with Gasteiger partial charge in [-0.15, -0.1) is 0 Å². The van der Waals surface area contributed by atoms with Gasteiger partial charge in [0, 0.05) is 45.4 Å². The van der Waals surface area contributed by atoms with E-state index in [1.165, 1.54) is 0 Å². The van der Waals surface area contributed by atoms with Gasteiger partial charge in [-0.05, 0) is 41.4 Å². The third kappa shape index (κ3) is 5.94. The first-order valence-electron chi connectivity index (χ1n) is 5.99. The van der Waals surface area contributed by atoms with E-state index < -0.39 is 10.8 Å². The van der Waals surface area contributed by atoms with Crippen LogP contribution in [0.5, 0.6) is 5.75 Å². The van der Waals surface area contributed by atoms with Crippen molar-refractivity contribution in [2.45, 2.75) is 25.9 Å². The van der Waals surface area contributed by atoms with E-state index in [1.807, 2.05) is 12.1 Å². The first-order valence-corrected chi connectivity index (χ1v) is 9.30. The Bertz CT molecular complexity index is 455. The van der Waals surface area contributed by atoms with E-state index in [0.29, 0.717) is 6.04 Å². The molecule has 0 aromatic heterocycles. The first-order chi connectivity index (χ1) is 8.93. The lowest BCUT2D eigenvalue weighted by Crippen LogP contribution is -2.27. The number of benzene rings is 1. The van der Waals surface area contributed by atoms with E-state index >= 15 is 0 Å². The minimum absolute atomic E-state index is 0.325. The van der Waals surface area contributed by atoms with Crippen LogP contribution in [-0.2, 0) is 17.3 Å². The van der Waals surface area contributed by atoms with Crippen LogP contribution >= 0.6 is 31.9 Å². The van der Waals surface area contributed by atoms with Gasteiger partial charge in [-0.1, -0.05) is 15.9 Å². The highest BCUT2D eigenvalue weighted by molar-refractivity contribution is 9.11. The summed E-state index contributed by atoms with van der Waals surface area (Å²) in [6, 6.07) is 4.33. The Hall–Kier alpha value is 0.0900. The molecule has 0 aliphatic carbocycles. The highest BCUT2D eigenvalue weighted by atomic mass is 79.9. The number of rotatable bonds is 7. The summed E-state index contributed by atoms with van der Waals surface area (Å²) in [5, 5.41) is 3.43. The summed E-state index contributed by atoms with van der Waals surface area (Å²) in [7, 11) is 0.941. The molecular weight excluding hydrogens is 394 g/mol. The lowest BCUT2D eigenvalue weighted by molar-refractivity contribution is 0.402. The summed E-state index contributed by atoms with van der Waals surface area (Å²) >= 11 is 6.97. The molecule has 6 heteroatoms. The smallest absolute Gasteiger partial charge is 0.137 e. The summed E-state index contributed by atoms with van der Waals surface area (Å²) in [4.78, 5) is 0. The number of hydrogen-bond acceptors (Lipinski definition) is 3. The molecule has 0 saturated heterocycles. The molecule has 0 amide bonds. The van der Waals surface area contributed by atoms with Crippen molar-refractivity contribution in [1.29, 1.82) is 0 Å². The molecule has 1 rings (SSSR count). The summed E-state index contributed by atoms with van der Waals surface area (Å²) in [6.07, 6.45) is 2.64. The average Bonchev–Trinajstić information content (AvgIpc) is 2.33. The predicted octanol–water partition coefficient (Wildman–Crippen LogP) is 3.47. The van der Waals surface area contributed by atoms with Gasteiger partial charge in [0.25, 0.3) is 0 Å². The monoisotopic (exact) mass is 411 g/mol. The van der Waals surface area contributed by atoms with Gasteiger partial charge in [-0.25, -0.2) is 0 Å². The highest BCUT2D eigenvalue weighted by Gasteiger charge is 2.10. The maximum Gasteiger partial charge on any atom is 0.137 e. The number of methoxy groups -OCH3 is 1. The van der Waals surface area contributed by atoms with E-state index in [-0.39, 0.29) is 0 Å². The van der Waals surface area contributed by atoms with E-state index in [2.05, 4.69) is 44.1 Å². The molecule has 0 radical (unpaired) electrons. The van der Waals surface area contributed by atoms with Crippen molar-refractivity contribution in [2.24, 2.45) is 0 Å². The zero-order valence-corrected chi connectivity index (χ0v) is 15.3. The lowest BCUT2D eigenvalue weighted by Gasteiger charge is -2.16. The summed E-state index contributed by atoms with van der Waals surface area (Å²) in [6.45, 7) is 2.82. The summed E-state index contributed by atoms with van der Waals surface area (Å²) in [5.41, 5.74) is 1.09. The molecule has 0 aliphatic rings. The molecule has 1 aromatic carbocycles. The van der Waals surface area contributed by atoms with Gasteiger partial charge in [0.2, 0.25) is 0 Å².